The highest BCUT2D eigenvalue weighted by Crippen LogP contribution is 2.12. The van der Waals surface area contributed by atoms with Crippen molar-refractivity contribution < 1.29 is 29.4 Å². The van der Waals surface area contributed by atoms with Gasteiger partial charge in [-0.05, 0) is 37.0 Å². The summed E-state index contributed by atoms with van der Waals surface area (Å²) in [6.07, 6.45) is 0.389. The molecule has 1 aromatic rings. The van der Waals surface area contributed by atoms with Gasteiger partial charge in [0.2, 0.25) is 17.7 Å². The van der Waals surface area contributed by atoms with Gasteiger partial charge >= 0.3 is 5.97 Å². The van der Waals surface area contributed by atoms with E-state index in [0.717, 1.165) is 0 Å². The molecule has 1 aromatic carbocycles. The molecule has 10 heteroatoms. The van der Waals surface area contributed by atoms with E-state index in [1.807, 2.05) is 13.8 Å². The number of nitrogens with one attached hydrogen (secondary N) is 3. The van der Waals surface area contributed by atoms with Crippen LogP contribution >= 0.6 is 0 Å². The third kappa shape index (κ3) is 8.48. The summed E-state index contributed by atoms with van der Waals surface area (Å²) in [6, 6.07) is 2.92. The van der Waals surface area contributed by atoms with Crippen molar-refractivity contribution >= 4 is 23.7 Å². The molecule has 0 heterocycles. The molecule has 0 radical (unpaired) electrons. The molecule has 0 aliphatic heterocycles. The van der Waals surface area contributed by atoms with Crippen LogP contribution in [0.5, 0.6) is 5.75 Å². The molecule has 3 unspecified atom stereocenters. The Bertz CT molecular complexity index is 750. The Morgan fingerprint density at radius 1 is 0.933 bits per heavy atom. The topological polar surface area (TPSA) is 171 Å². The van der Waals surface area contributed by atoms with Gasteiger partial charge < -0.3 is 31.9 Å². The molecule has 0 spiro atoms. The maximum absolute atomic E-state index is 12.8. The molecular formula is C20H30N4O6. The van der Waals surface area contributed by atoms with Crippen molar-refractivity contribution in [3.05, 3.63) is 29.8 Å². The van der Waals surface area contributed by atoms with Gasteiger partial charge in [-0.3, -0.25) is 19.2 Å². The van der Waals surface area contributed by atoms with E-state index in [4.69, 9.17) is 10.8 Å². The van der Waals surface area contributed by atoms with Crippen LogP contribution in [0.4, 0.5) is 0 Å². The largest absolute Gasteiger partial charge is 0.508 e. The third-order valence-electron chi connectivity index (χ3n) is 4.28. The van der Waals surface area contributed by atoms with Crippen LogP contribution in [0.2, 0.25) is 0 Å². The van der Waals surface area contributed by atoms with Crippen LogP contribution in [0.1, 0.15) is 32.8 Å². The van der Waals surface area contributed by atoms with Gasteiger partial charge in [0.05, 0.1) is 6.54 Å². The van der Waals surface area contributed by atoms with E-state index in [1.165, 1.54) is 19.1 Å². The second-order valence-electron chi connectivity index (χ2n) is 7.45. The Morgan fingerprint density at radius 3 is 2.00 bits per heavy atom. The minimum absolute atomic E-state index is 0.0461. The average molecular weight is 422 g/mol. The van der Waals surface area contributed by atoms with Gasteiger partial charge in [0, 0.05) is 6.42 Å². The maximum atomic E-state index is 12.8. The number of carbonyl (C=O) groups is 4. The first kappa shape index (κ1) is 24.9. The number of amides is 3. The van der Waals surface area contributed by atoms with Gasteiger partial charge in [0.15, 0.2) is 0 Å². The number of phenols is 1. The Kier molecular flexibility index (Phi) is 9.76. The zero-order chi connectivity index (χ0) is 22.8. The zero-order valence-corrected chi connectivity index (χ0v) is 17.3. The quantitative estimate of drug-likeness (QED) is 0.279. The predicted octanol–water partition coefficient (Wildman–Crippen LogP) is -0.502. The van der Waals surface area contributed by atoms with Crippen molar-refractivity contribution in [1.29, 1.82) is 0 Å². The van der Waals surface area contributed by atoms with Crippen molar-refractivity contribution in [1.82, 2.24) is 16.0 Å². The molecule has 0 aromatic heterocycles. The van der Waals surface area contributed by atoms with Crippen LogP contribution in [0.3, 0.4) is 0 Å². The van der Waals surface area contributed by atoms with E-state index < -0.39 is 41.8 Å². The highest BCUT2D eigenvalue weighted by atomic mass is 16.4. The van der Waals surface area contributed by atoms with Crippen LogP contribution in [-0.4, -0.2) is 58.6 Å². The standard InChI is InChI=1S/C20H30N4O6/c1-11(2)8-15(23-17(26)10-21)19(28)24-16(18(27)22-12(3)20(29)30)9-13-4-6-14(25)7-5-13/h4-7,11-12,15-16,25H,8-10,21H2,1-3H3,(H,22,27)(H,23,26)(H,24,28)(H,29,30). The van der Waals surface area contributed by atoms with Crippen LogP contribution in [0.25, 0.3) is 0 Å². The molecule has 0 saturated carbocycles. The monoisotopic (exact) mass is 422 g/mol. The van der Waals surface area contributed by atoms with E-state index in [-0.39, 0.29) is 24.6 Å². The summed E-state index contributed by atoms with van der Waals surface area (Å²) in [7, 11) is 0. The molecule has 7 N–H and O–H groups in total. The summed E-state index contributed by atoms with van der Waals surface area (Å²) in [5.41, 5.74) is 5.96. The Labute approximate surface area is 175 Å². The van der Waals surface area contributed by atoms with Crippen LogP contribution < -0.4 is 21.7 Å². The lowest BCUT2D eigenvalue weighted by Crippen LogP contribution is -2.56. The van der Waals surface area contributed by atoms with Crippen LogP contribution in [0.15, 0.2) is 24.3 Å². The lowest BCUT2D eigenvalue weighted by atomic mass is 10.0. The van der Waals surface area contributed by atoms with Gasteiger partial charge in [0.1, 0.15) is 23.9 Å². The number of hydrogen-bond acceptors (Lipinski definition) is 6. The fraction of sp³-hybridized carbons (Fsp3) is 0.500. The smallest absolute Gasteiger partial charge is 0.325 e. The summed E-state index contributed by atoms with van der Waals surface area (Å²) in [4.78, 5) is 48.2. The molecule has 3 amide bonds. The lowest BCUT2D eigenvalue weighted by Gasteiger charge is -2.25. The molecule has 0 aliphatic carbocycles. The number of hydrogen-bond donors (Lipinski definition) is 6. The molecule has 0 fully saturated rings. The van der Waals surface area contributed by atoms with Crippen molar-refractivity contribution in [2.75, 3.05) is 6.54 Å². The maximum Gasteiger partial charge on any atom is 0.325 e. The van der Waals surface area contributed by atoms with E-state index in [1.54, 1.807) is 12.1 Å². The molecule has 0 bridgehead atoms. The molecule has 10 nitrogen and oxygen atoms in total. The van der Waals surface area contributed by atoms with E-state index >= 15 is 0 Å². The Hall–Kier alpha value is -3.14. The van der Waals surface area contributed by atoms with Crippen molar-refractivity contribution in [3.8, 4) is 5.75 Å². The van der Waals surface area contributed by atoms with Gasteiger partial charge in [0.25, 0.3) is 0 Å². The first-order valence-corrected chi connectivity index (χ1v) is 9.64. The van der Waals surface area contributed by atoms with Crippen molar-refractivity contribution in [2.24, 2.45) is 11.7 Å². The lowest BCUT2D eigenvalue weighted by molar-refractivity contribution is -0.141. The summed E-state index contributed by atoms with van der Waals surface area (Å²) in [5, 5.41) is 25.9. The second kappa shape index (κ2) is 11.8. The minimum atomic E-state index is -1.22. The van der Waals surface area contributed by atoms with Gasteiger partial charge in [-0.1, -0.05) is 26.0 Å². The fourth-order valence-electron chi connectivity index (χ4n) is 2.68. The highest BCUT2D eigenvalue weighted by molar-refractivity contribution is 5.93. The molecule has 30 heavy (non-hydrogen) atoms. The fourth-order valence-corrected chi connectivity index (χ4v) is 2.68. The second-order valence-corrected chi connectivity index (χ2v) is 7.45. The first-order chi connectivity index (χ1) is 14.0. The molecule has 0 saturated heterocycles. The normalized spacial score (nSPS) is 13.8. The summed E-state index contributed by atoms with van der Waals surface area (Å²) in [5.74, 6) is -2.85. The number of rotatable bonds is 11. The predicted molar refractivity (Wildman–Crippen MR) is 109 cm³/mol. The van der Waals surface area contributed by atoms with Crippen LogP contribution in [-0.2, 0) is 25.6 Å². The van der Waals surface area contributed by atoms with E-state index in [0.29, 0.717) is 12.0 Å². The number of nitrogens with two attached hydrogens (primary N) is 1. The molecular weight excluding hydrogens is 392 g/mol. The number of aromatic hydroxyl groups is 1. The van der Waals surface area contributed by atoms with Gasteiger partial charge in [-0.2, -0.15) is 0 Å². The average Bonchev–Trinajstić information content (AvgIpc) is 2.67. The minimum Gasteiger partial charge on any atom is -0.508 e. The number of carboxylic acids is 1. The number of benzene rings is 1. The molecule has 3 atom stereocenters. The number of phenolic OH excluding ortho intramolecular Hbond substituents is 1. The highest BCUT2D eigenvalue weighted by Gasteiger charge is 2.28. The summed E-state index contributed by atoms with van der Waals surface area (Å²) >= 11 is 0. The molecule has 0 aliphatic rings. The van der Waals surface area contributed by atoms with Gasteiger partial charge in [-0.25, -0.2) is 0 Å². The summed E-state index contributed by atoms with van der Waals surface area (Å²) < 4.78 is 0. The van der Waals surface area contributed by atoms with Gasteiger partial charge in [-0.15, -0.1) is 0 Å². The van der Waals surface area contributed by atoms with Crippen LogP contribution in [0, 0.1) is 5.92 Å². The SMILES string of the molecule is CC(C)CC(NC(=O)CN)C(=O)NC(Cc1ccc(O)cc1)C(=O)NC(C)C(=O)O. The number of aliphatic carboxylic acids is 1. The van der Waals surface area contributed by atoms with Crippen molar-refractivity contribution in [3.63, 3.8) is 0 Å². The Morgan fingerprint density at radius 2 is 1.50 bits per heavy atom. The first-order valence-electron chi connectivity index (χ1n) is 9.64. The Balaban J connectivity index is 3.03. The van der Waals surface area contributed by atoms with E-state index in [9.17, 15) is 24.3 Å². The van der Waals surface area contributed by atoms with Crippen molar-refractivity contribution in [2.45, 2.75) is 51.7 Å². The van der Waals surface area contributed by atoms with E-state index in [2.05, 4.69) is 16.0 Å². The summed E-state index contributed by atoms with van der Waals surface area (Å²) in [6.45, 7) is 4.78. The number of carbonyl (C=O) groups excluding carboxylic acids is 3. The molecule has 1 rings (SSSR count). The number of carboxylic acid groups (broad SMARTS) is 1. The zero-order valence-electron chi connectivity index (χ0n) is 17.3. The third-order valence-corrected chi connectivity index (χ3v) is 4.28. The molecule has 166 valence electrons.